The Morgan fingerprint density at radius 3 is 1.22 bits per heavy atom. The third-order valence-corrected chi connectivity index (χ3v) is 24.9. The largest absolute Gasteiger partial charge is 0.0714 e. The average molecular weight is 1180 g/mol. The van der Waals surface area contributed by atoms with Crippen molar-refractivity contribution < 1.29 is 0 Å². The molecule has 6 aliphatic rings. The highest BCUT2D eigenvalue weighted by atomic mass is 28.3. The van der Waals surface area contributed by atoms with Crippen LogP contribution in [-0.4, -0.2) is 8.80 Å². The van der Waals surface area contributed by atoms with Crippen molar-refractivity contribution in [2.45, 2.75) is 266 Å². The smallest absolute Gasteiger partial charge is 0.0439 e. The average Bonchev–Trinajstić information content (AvgIpc) is 1.82. The first-order valence-corrected chi connectivity index (χ1v) is 38.3. The molecule has 0 heterocycles. The van der Waals surface area contributed by atoms with E-state index in [1.165, 1.54) is 207 Å². The minimum Gasteiger partial charge on any atom is -0.0714 e. The Bertz CT molecular complexity index is 3360. The van der Waals surface area contributed by atoms with Crippen LogP contribution >= 0.6 is 0 Å². The molecule has 0 aromatic heterocycles. The second-order valence-corrected chi connectivity index (χ2v) is 35.4. The Hall–Kier alpha value is -5.24. The lowest BCUT2D eigenvalue weighted by Gasteiger charge is -2.38. The summed E-state index contributed by atoms with van der Waals surface area (Å²) in [6, 6.07) is 48.7. The van der Waals surface area contributed by atoms with Gasteiger partial charge in [0.25, 0.3) is 0 Å². The van der Waals surface area contributed by atoms with Crippen molar-refractivity contribution >= 4 is 27.0 Å². The molecule has 3 fully saturated rings. The highest BCUT2D eigenvalue weighted by molar-refractivity contribution is 6.58. The van der Waals surface area contributed by atoms with E-state index in [0.717, 1.165) is 12.8 Å². The van der Waals surface area contributed by atoms with E-state index in [2.05, 4.69) is 242 Å². The molecule has 0 nitrogen and oxygen atoms in total. The standard InChI is InChI=1S/C30H42Si.2C28H36/c1-7-30(18-9-8-10-19-30)21-23-20-27-25(12-11-13-26(27)28(23)31(5)6)22-14-16-24(17-15-22)29(2,3)4;2*1-5-28(16-7-6-8-17-28)20-21-18-23-10-9-11-25(26(23)19-21)22-12-14-24(15-13-22)27(2,3)4/h11-17,20,28,31H,7-10,18-19,21H2,1-6H3;9-15,19H,5-8,16-18,20H2,1-4H3;9-15,18H,5-8,16-17,19-20H2,1-4H3. The maximum absolute atomic E-state index is 2.63. The van der Waals surface area contributed by atoms with Gasteiger partial charge in [0.05, 0.1) is 0 Å². The van der Waals surface area contributed by atoms with Crippen LogP contribution in [0.5, 0.6) is 0 Å². The topological polar surface area (TPSA) is 0 Å². The van der Waals surface area contributed by atoms with Crippen LogP contribution in [0.25, 0.3) is 51.6 Å². The molecule has 0 amide bonds. The van der Waals surface area contributed by atoms with Gasteiger partial charge in [0.1, 0.15) is 0 Å². The zero-order valence-corrected chi connectivity index (χ0v) is 58.4. The van der Waals surface area contributed by atoms with Gasteiger partial charge >= 0.3 is 0 Å². The molecular weight excluding hydrogens is 1060 g/mol. The summed E-state index contributed by atoms with van der Waals surface area (Å²) in [6.07, 6.45) is 39.4. The summed E-state index contributed by atoms with van der Waals surface area (Å²) in [5.74, 6) is 0. The van der Waals surface area contributed by atoms with E-state index in [0.29, 0.717) is 21.8 Å². The molecule has 6 aromatic rings. The first-order valence-electron chi connectivity index (χ1n) is 35.3. The third kappa shape index (κ3) is 15.0. The Kier molecular flexibility index (Phi) is 20.1. The van der Waals surface area contributed by atoms with Crippen LogP contribution in [0.15, 0.2) is 144 Å². The molecule has 6 aliphatic carbocycles. The monoisotopic (exact) mass is 1170 g/mol. The first kappa shape index (κ1) is 64.7. The van der Waals surface area contributed by atoms with Gasteiger partial charge in [-0.3, -0.25) is 0 Å². The molecule has 462 valence electrons. The van der Waals surface area contributed by atoms with Crippen LogP contribution in [0.2, 0.25) is 13.1 Å². The zero-order valence-electron chi connectivity index (χ0n) is 57.3. The number of hydrogen-bond donors (Lipinski definition) is 0. The summed E-state index contributed by atoms with van der Waals surface area (Å²) in [5.41, 5.74) is 29.8. The van der Waals surface area contributed by atoms with Gasteiger partial charge in [-0.05, 0) is 192 Å². The molecule has 0 N–H and O–H groups in total. The van der Waals surface area contributed by atoms with Crippen molar-refractivity contribution in [2.75, 3.05) is 0 Å². The molecular formula is C86H114Si. The lowest BCUT2D eigenvalue weighted by Crippen LogP contribution is -2.26. The van der Waals surface area contributed by atoms with Crippen molar-refractivity contribution in [3.05, 3.63) is 194 Å². The van der Waals surface area contributed by atoms with Gasteiger partial charge in [-0.2, -0.15) is 0 Å². The Balaban J connectivity index is 0.000000145. The Morgan fingerprint density at radius 2 is 0.782 bits per heavy atom. The van der Waals surface area contributed by atoms with Gasteiger partial charge < -0.3 is 0 Å². The van der Waals surface area contributed by atoms with E-state index in [-0.39, 0.29) is 16.2 Å². The van der Waals surface area contributed by atoms with Gasteiger partial charge in [-0.25, -0.2) is 0 Å². The number of rotatable bonds is 13. The second-order valence-electron chi connectivity index (χ2n) is 32.2. The van der Waals surface area contributed by atoms with E-state index in [9.17, 15) is 0 Å². The maximum atomic E-state index is 2.63. The van der Waals surface area contributed by atoms with Gasteiger partial charge in [-0.15, -0.1) is 0 Å². The van der Waals surface area contributed by atoms with Gasteiger partial charge in [0.2, 0.25) is 0 Å². The molecule has 0 spiro atoms. The Morgan fingerprint density at radius 1 is 0.391 bits per heavy atom. The molecule has 12 rings (SSSR count). The van der Waals surface area contributed by atoms with Gasteiger partial charge in [0.15, 0.2) is 0 Å². The SMILES string of the molecule is CCC1(CC2=Cc3c(-c4ccc(C(C)(C)C)cc4)cccc3C2[SiH](C)C)CCCCC1.CCC1(CC2=Cc3c(cccc3-c3ccc(C(C)(C)C)cc3)C2)CCCCC1.CCC1(CC2=Cc3cccc(-c4ccc(C(C)(C)C)cc4)c3C2)CCCCC1. The molecule has 0 radical (unpaired) electrons. The summed E-state index contributed by atoms with van der Waals surface area (Å²) in [6.45, 7) is 33.0. The van der Waals surface area contributed by atoms with E-state index in [4.69, 9.17) is 0 Å². The van der Waals surface area contributed by atoms with Crippen molar-refractivity contribution in [1.82, 2.24) is 0 Å². The zero-order chi connectivity index (χ0) is 61.8. The molecule has 87 heavy (non-hydrogen) atoms. The predicted molar refractivity (Wildman–Crippen MR) is 386 cm³/mol. The van der Waals surface area contributed by atoms with Gasteiger partial charge in [-0.1, -0.05) is 336 Å². The van der Waals surface area contributed by atoms with Crippen LogP contribution in [0.4, 0.5) is 0 Å². The minimum atomic E-state index is -0.845. The number of fused-ring (bicyclic) bond motifs is 3. The fraction of sp³-hybridized carbons (Fsp3) is 0.512. The van der Waals surface area contributed by atoms with Crippen molar-refractivity contribution in [2.24, 2.45) is 16.2 Å². The molecule has 0 aliphatic heterocycles. The summed E-state index contributed by atoms with van der Waals surface area (Å²) < 4.78 is 0. The van der Waals surface area contributed by atoms with Crippen LogP contribution in [-0.2, 0) is 29.1 Å². The summed E-state index contributed by atoms with van der Waals surface area (Å²) in [5, 5.41) is 0. The van der Waals surface area contributed by atoms with Crippen LogP contribution < -0.4 is 0 Å². The van der Waals surface area contributed by atoms with E-state index >= 15 is 0 Å². The predicted octanol–water partition coefficient (Wildman–Crippen LogP) is 25.6. The van der Waals surface area contributed by atoms with E-state index < -0.39 is 8.80 Å². The molecule has 1 heteroatoms. The fourth-order valence-corrected chi connectivity index (χ4v) is 19.1. The first-order chi connectivity index (χ1) is 41.5. The van der Waals surface area contributed by atoms with Crippen molar-refractivity contribution in [1.29, 1.82) is 0 Å². The van der Waals surface area contributed by atoms with Crippen LogP contribution in [0, 0.1) is 16.2 Å². The van der Waals surface area contributed by atoms with Crippen LogP contribution in [0.3, 0.4) is 0 Å². The molecule has 3 saturated carbocycles. The highest BCUT2D eigenvalue weighted by Gasteiger charge is 2.38. The minimum absolute atomic E-state index is 0.201. The fourth-order valence-electron chi connectivity index (χ4n) is 17.0. The maximum Gasteiger partial charge on any atom is 0.0439 e. The molecule has 1 unspecified atom stereocenters. The number of allylic oxidation sites excluding steroid dienone is 3. The highest BCUT2D eigenvalue weighted by Crippen LogP contribution is 2.53. The Labute approximate surface area is 533 Å². The molecule has 0 bridgehead atoms. The van der Waals surface area contributed by atoms with Crippen LogP contribution in [0.1, 0.15) is 274 Å². The summed E-state index contributed by atoms with van der Waals surface area (Å²) >= 11 is 0. The van der Waals surface area contributed by atoms with E-state index in [1.54, 1.807) is 27.8 Å². The lowest BCUT2D eigenvalue weighted by atomic mass is 9.68. The molecule has 1 atom stereocenters. The van der Waals surface area contributed by atoms with E-state index in [1.807, 2.05) is 0 Å². The molecule has 6 aromatic carbocycles. The normalized spacial score (nSPS) is 19.3. The third-order valence-electron chi connectivity index (χ3n) is 22.8. The second kappa shape index (κ2) is 27.1. The lowest BCUT2D eigenvalue weighted by molar-refractivity contribution is 0.178. The summed E-state index contributed by atoms with van der Waals surface area (Å²) in [7, 11) is -0.845. The quantitative estimate of drug-likeness (QED) is 0.101. The number of benzene rings is 6. The van der Waals surface area contributed by atoms with Crippen molar-refractivity contribution in [3.63, 3.8) is 0 Å². The molecule has 0 saturated heterocycles. The van der Waals surface area contributed by atoms with Crippen molar-refractivity contribution in [3.8, 4) is 33.4 Å². The van der Waals surface area contributed by atoms with Gasteiger partial charge in [0, 0.05) is 8.80 Å². The number of hydrogen-bond acceptors (Lipinski definition) is 0. The summed E-state index contributed by atoms with van der Waals surface area (Å²) in [4.78, 5) is 0.